The Hall–Kier alpha value is -4.60. The lowest BCUT2D eigenvalue weighted by Gasteiger charge is -2.24. The Kier molecular flexibility index (Phi) is 9.32. The van der Waals surface area contributed by atoms with Gasteiger partial charge in [0.05, 0.1) is 24.7 Å². The molecule has 0 saturated carbocycles. The van der Waals surface area contributed by atoms with Crippen molar-refractivity contribution in [2.24, 2.45) is 0 Å². The number of aromatic nitrogens is 5. The van der Waals surface area contributed by atoms with Crippen LogP contribution in [0.5, 0.6) is 0 Å². The van der Waals surface area contributed by atoms with E-state index >= 15 is 0 Å². The van der Waals surface area contributed by atoms with E-state index in [4.69, 9.17) is 14.0 Å². The second-order valence-electron chi connectivity index (χ2n) is 9.91. The van der Waals surface area contributed by atoms with E-state index in [1.807, 2.05) is 0 Å². The molecule has 11 nitrogen and oxygen atoms in total. The van der Waals surface area contributed by atoms with Crippen molar-refractivity contribution in [1.29, 1.82) is 0 Å². The molecule has 0 atom stereocenters. The highest BCUT2D eigenvalue weighted by molar-refractivity contribution is 7.93. The largest absolute Gasteiger partial charge is 0.435 e. The minimum absolute atomic E-state index is 0.0627. The van der Waals surface area contributed by atoms with Gasteiger partial charge in [-0.2, -0.15) is 18.3 Å². The number of hydrogen-bond donors (Lipinski definition) is 0. The van der Waals surface area contributed by atoms with Crippen LogP contribution in [-0.2, 0) is 32.2 Å². The van der Waals surface area contributed by atoms with Gasteiger partial charge in [0.25, 0.3) is 10.0 Å². The number of methoxy groups -OCH3 is 1. The summed E-state index contributed by atoms with van der Waals surface area (Å²) in [5, 5.41) is 7.69. The number of halogens is 3. The molecule has 0 unspecified atom stereocenters. The Bertz CT molecular complexity index is 1880. The Labute approximate surface area is 257 Å². The molecule has 0 N–H and O–H groups in total. The number of anilines is 1. The van der Waals surface area contributed by atoms with Crippen molar-refractivity contribution in [2.75, 3.05) is 31.4 Å². The predicted molar refractivity (Wildman–Crippen MR) is 158 cm³/mol. The molecular formula is C30H29F3N6O5S. The number of rotatable bonds is 12. The molecule has 0 fully saturated rings. The predicted octanol–water partition coefficient (Wildman–Crippen LogP) is 5.49. The normalized spacial score (nSPS) is 12.0. The van der Waals surface area contributed by atoms with Gasteiger partial charge in [0.15, 0.2) is 17.3 Å². The molecule has 0 bridgehead atoms. The van der Waals surface area contributed by atoms with Gasteiger partial charge in [-0.15, -0.1) is 0 Å². The van der Waals surface area contributed by atoms with Crippen molar-refractivity contribution in [3.8, 4) is 22.5 Å². The molecule has 2 aromatic carbocycles. The summed E-state index contributed by atoms with van der Waals surface area (Å²) in [7, 11) is -2.85. The first-order chi connectivity index (χ1) is 21.5. The molecule has 5 aromatic rings. The second-order valence-corrected chi connectivity index (χ2v) is 11.7. The third-order valence-electron chi connectivity index (χ3n) is 6.95. The van der Waals surface area contributed by atoms with E-state index in [0.717, 1.165) is 15.1 Å². The van der Waals surface area contributed by atoms with Crippen LogP contribution in [-0.4, -0.2) is 60.4 Å². The van der Waals surface area contributed by atoms with Crippen LogP contribution in [0.25, 0.3) is 22.5 Å². The van der Waals surface area contributed by atoms with Crippen molar-refractivity contribution in [3.63, 3.8) is 0 Å². The molecular weight excluding hydrogens is 613 g/mol. The van der Waals surface area contributed by atoms with Crippen LogP contribution in [0, 0.1) is 13.8 Å². The molecule has 0 radical (unpaired) electrons. The van der Waals surface area contributed by atoms with Crippen LogP contribution < -0.4 is 4.31 Å². The number of benzene rings is 2. The summed E-state index contributed by atoms with van der Waals surface area (Å²) in [6, 6.07) is 14.0. The molecule has 0 spiro atoms. The zero-order valence-corrected chi connectivity index (χ0v) is 25.3. The maximum Gasteiger partial charge on any atom is 0.435 e. The Morgan fingerprint density at radius 2 is 1.73 bits per heavy atom. The summed E-state index contributed by atoms with van der Waals surface area (Å²) in [4.78, 5) is 8.47. The van der Waals surface area contributed by atoms with Gasteiger partial charge in [0.1, 0.15) is 12.5 Å². The summed E-state index contributed by atoms with van der Waals surface area (Å²) in [6.45, 7) is 3.23. The first kappa shape index (κ1) is 31.8. The number of sulfonamides is 1. The van der Waals surface area contributed by atoms with Crippen LogP contribution in [0.1, 0.15) is 22.6 Å². The molecule has 0 saturated heterocycles. The average molecular weight is 643 g/mol. The Morgan fingerprint density at radius 3 is 2.40 bits per heavy atom. The van der Waals surface area contributed by atoms with Gasteiger partial charge in [-0.25, -0.2) is 22.7 Å². The molecule has 0 aliphatic rings. The third-order valence-corrected chi connectivity index (χ3v) is 8.72. The standard InChI is InChI=1S/C30H29F3N6O5S/c1-20-21(2)44-37-29(20)39(19-43-16-15-42-3)45(40,41)26-8-5-4-7-25(26)24-10-9-22(28-34-12-6-13-35-28)17-23(24)18-38-14-11-27(36-38)30(31,32)33/h4-14,17H,15-16,18-19H2,1-3H3. The minimum Gasteiger partial charge on any atom is -0.382 e. The van der Waals surface area contributed by atoms with Crippen LogP contribution in [0.3, 0.4) is 0 Å². The lowest BCUT2D eigenvalue weighted by molar-refractivity contribution is -0.141. The van der Waals surface area contributed by atoms with Gasteiger partial charge in [-0.3, -0.25) is 4.68 Å². The monoisotopic (exact) mass is 642 g/mol. The summed E-state index contributed by atoms with van der Waals surface area (Å²) < 4.78 is 86.9. The van der Waals surface area contributed by atoms with Crippen molar-refractivity contribution < 1.29 is 35.6 Å². The SMILES string of the molecule is COCCOCN(c1noc(C)c1C)S(=O)(=O)c1ccccc1-c1ccc(-c2ncccn2)cc1Cn1ccc(C(F)(F)F)n1. The Morgan fingerprint density at radius 1 is 0.978 bits per heavy atom. The zero-order valence-electron chi connectivity index (χ0n) is 24.5. The van der Waals surface area contributed by atoms with Gasteiger partial charge in [-0.1, -0.05) is 35.5 Å². The molecule has 5 rings (SSSR count). The molecule has 0 aliphatic carbocycles. The van der Waals surface area contributed by atoms with E-state index in [1.165, 1.54) is 19.4 Å². The second kappa shape index (κ2) is 13.2. The van der Waals surface area contributed by atoms with E-state index in [0.29, 0.717) is 39.4 Å². The first-order valence-corrected chi connectivity index (χ1v) is 15.1. The smallest absolute Gasteiger partial charge is 0.382 e. The summed E-state index contributed by atoms with van der Waals surface area (Å²) in [5.41, 5.74) is 1.29. The van der Waals surface area contributed by atoms with Crippen molar-refractivity contribution in [2.45, 2.75) is 31.5 Å². The fourth-order valence-corrected chi connectivity index (χ4v) is 6.11. The quantitative estimate of drug-likeness (QED) is 0.128. The fraction of sp³-hybridized carbons (Fsp3) is 0.267. The van der Waals surface area contributed by atoms with Crippen molar-refractivity contribution >= 4 is 15.8 Å². The van der Waals surface area contributed by atoms with E-state index in [1.54, 1.807) is 68.7 Å². The van der Waals surface area contributed by atoms with E-state index < -0.39 is 21.9 Å². The number of hydrogen-bond acceptors (Lipinski definition) is 9. The molecule has 0 amide bonds. The van der Waals surface area contributed by atoms with Crippen LogP contribution in [0.15, 0.2) is 82.6 Å². The number of alkyl halides is 3. The highest BCUT2D eigenvalue weighted by Crippen LogP contribution is 2.36. The molecule has 3 aromatic heterocycles. The van der Waals surface area contributed by atoms with Gasteiger partial charge in [0, 0.05) is 42.4 Å². The van der Waals surface area contributed by atoms with Gasteiger partial charge in [0.2, 0.25) is 0 Å². The lowest BCUT2D eigenvalue weighted by atomic mass is 9.97. The number of nitrogens with zero attached hydrogens (tertiary/aromatic N) is 6. The van der Waals surface area contributed by atoms with Crippen LogP contribution in [0.2, 0.25) is 0 Å². The summed E-state index contributed by atoms with van der Waals surface area (Å²) >= 11 is 0. The maximum atomic E-state index is 14.4. The third kappa shape index (κ3) is 6.90. The van der Waals surface area contributed by atoms with E-state index in [9.17, 15) is 21.6 Å². The molecule has 45 heavy (non-hydrogen) atoms. The topological polar surface area (TPSA) is 125 Å². The summed E-state index contributed by atoms with van der Waals surface area (Å²) in [5.74, 6) is 0.889. The average Bonchev–Trinajstić information content (AvgIpc) is 3.64. The molecule has 236 valence electrons. The highest BCUT2D eigenvalue weighted by Gasteiger charge is 2.34. The molecule has 15 heteroatoms. The van der Waals surface area contributed by atoms with Gasteiger partial charge in [-0.05, 0) is 49.2 Å². The Balaban J connectivity index is 1.63. The number of ether oxygens (including phenoxy) is 2. The number of aryl methyl sites for hydroxylation is 1. The van der Waals surface area contributed by atoms with Gasteiger partial charge < -0.3 is 14.0 Å². The lowest BCUT2D eigenvalue weighted by Crippen LogP contribution is -2.35. The minimum atomic E-state index is -4.62. The van der Waals surface area contributed by atoms with Crippen LogP contribution in [0.4, 0.5) is 19.0 Å². The zero-order chi connectivity index (χ0) is 32.2. The molecule has 0 aliphatic heterocycles. The van der Waals surface area contributed by atoms with Crippen molar-refractivity contribution in [3.05, 3.63) is 95.8 Å². The van der Waals surface area contributed by atoms with E-state index in [2.05, 4.69) is 20.2 Å². The first-order valence-electron chi connectivity index (χ1n) is 13.6. The summed E-state index contributed by atoms with van der Waals surface area (Å²) in [6.07, 6.45) is -0.272. The molecule has 3 heterocycles. The van der Waals surface area contributed by atoms with Crippen molar-refractivity contribution in [1.82, 2.24) is 24.9 Å². The fourth-order valence-electron chi connectivity index (χ4n) is 4.56. The van der Waals surface area contributed by atoms with Crippen LogP contribution >= 0.6 is 0 Å². The maximum absolute atomic E-state index is 14.4. The van der Waals surface area contributed by atoms with Gasteiger partial charge >= 0.3 is 6.18 Å². The van der Waals surface area contributed by atoms with E-state index in [-0.39, 0.29) is 37.2 Å². The highest BCUT2D eigenvalue weighted by atomic mass is 32.2.